The molecular formula is C19H30ClN3O. The number of hydrogen-bond acceptors (Lipinski definition) is 3. The van der Waals surface area contributed by atoms with E-state index in [9.17, 15) is 4.79 Å². The summed E-state index contributed by atoms with van der Waals surface area (Å²) < 4.78 is 0. The van der Waals surface area contributed by atoms with E-state index in [0.717, 1.165) is 38.9 Å². The molecule has 1 saturated carbocycles. The maximum Gasteiger partial charge on any atom is 0.223 e. The first-order chi connectivity index (χ1) is 11.1. The van der Waals surface area contributed by atoms with E-state index in [4.69, 9.17) is 5.73 Å². The van der Waals surface area contributed by atoms with Crippen LogP contribution >= 0.6 is 12.4 Å². The van der Waals surface area contributed by atoms with Crippen LogP contribution in [0.5, 0.6) is 0 Å². The first-order valence-electron chi connectivity index (χ1n) is 8.94. The fourth-order valence-corrected chi connectivity index (χ4v) is 3.97. The molecule has 0 bridgehead atoms. The van der Waals surface area contributed by atoms with E-state index in [0.29, 0.717) is 5.92 Å². The molecule has 1 amide bonds. The van der Waals surface area contributed by atoms with Gasteiger partial charge in [0.1, 0.15) is 0 Å². The SMILES string of the molecule is CC(NC(=O)C1CCC(N)C1)C1CCN(Cc2ccccc2)C1.Cl. The number of nitrogens with zero attached hydrogens (tertiary/aromatic N) is 1. The number of rotatable bonds is 5. The van der Waals surface area contributed by atoms with Crippen LogP contribution in [0.1, 0.15) is 38.2 Å². The van der Waals surface area contributed by atoms with Crippen LogP contribution in [0.4, 0.5) is 0 Å². The molecule has 1 aromatic carbocycles. The lowest BCUT2D eigenvalue weighted by Gasteiger charge is -2.23. The summed E-state index contributed by atoms with van der Waals surface area (Å²) in [5.74, 6) is 0.902. The van der Waals surface area contributed by atoms with Gasteiger partial charge in [-0.05, 0) is 50.6 Å². The molecule has 1 heterocycles. The van der Waals surface area contributed by atoms with E-state index in [-0.39, 0.29) is 36.3 Å². The Morgan fingerprint density at radius 2 is 2.04 bits per heavy atom. The standard InChI is InChI=1S/C19H29N3O.ClH/c1-14(21-19(23)16-7-8-18(20)11-16)17-9-10-22(13-17)12-15-5-3-2-4-6-15;/h2-6,14,16-18H,7-13,20H2,1H3,(H,21,23);1H. The maximum atomic E-state index is 12.4. The Morgan fingerprint density at radius 3 is 2.71 bits per heavy atom. The van der Waals surface area contributed by atoms with Crippen LogP contribution in [0.15, 0.2) is 30.3 Å². The highest BCUT2D eigenvalue weighted by Gasteiger charge is 2.32. The quantitative estimate of drug-likeness (QED) is 0.857. The smallest absolute Gasteiger partial charge is 0.223 e. The lowest BCUT2D eigenvalue weighted by Crippen LogP contribution is -2.42. The van der Waals surface area contributed by atoms with Crippen LogP contribution in [-0.2, 0) is 11.3 Å². The Hall–Kier alpha value is -1.10. The number of carbonyl (C=O) groups is 1. The largest absolute Gasteiger partial charge is 0.353 e. The third-order valence-electron chi connectivity index (χ3n) is 5.48. The van der Waals surface area contributed by atoms with Crippen molar-refractivity contribution in [1.29, 1.82) is 0 Å². The summed E-state index contributed by atoms with van der Waals surface area (Å²) in [6.07, 6.45) is 3.95. The minimum Gasteiger partial charge on any atom is -0.353 e. The predicted molar refractivity (Wildman–Crippen MR) is 100.0 cm³/mol. The van der Waals surface area contributed by atoms with Crippen LogP contribution in [-0.4, -0.2) is 36.0 Å². The van der Waals surface area contributed by atoms with E-state index in [1.165, 1.54) is 12.0 Å². The van der Waals surface area contributed by atoms with Gasteiger partial charge in [-0.2, -0.15) is 0 Å². The van der Waals surface area contributed by atoms with Crippen molar-refractivity contribution in [2.45, 2.75) is 51.2 Å². The zero-order chi connectivity index (χ0) is 16.2. The molecule has 3 rings (SSSR count). The number of hydrogen-bond donors (Lipinski definition) is 2. The second-order valence-corrected chi connectivity index (χ2v) is 7.34. The topological polar surface area (TPSA) is 58.4 Å². The molecule has 5 heteroatoms. The van der Waals surface area contributed by atoms with Gasteiger partial charge >= 0.3 is 0 Å². The summed E-state index contributed by atoms with van der Waals surface area (Å²) in [4.78, 5) is 14.8. The van der Waals surface area contributed by atoms with E-state index in [2.05, 4.69) is 47.5 Å². The van der Waals surface area contributed by atoms with E-state index >= 15 is 0 Å². The van der Waals surface area contributed by atoms with Crippen molar-refractivity contribution in [3.05, 3.63) is 35.9 Å². The number of amides is 1. The molecule has 2 aliphatic rings. The second kappa shape index (κ2) is 8.84. The molecule has 1 aliphatic carbocycles. The lowest BCUT2D eigenvalue weighted by atomic mass is 9.99. The summed E-state index contributed by atoms with van der Waals surface area (Å²) in [6.45, 7) is 5.35. The Labute approximate surface area is 151 Å². The van der Waals surface area contributed by atoms with Crippen molar-refractivity contribution in [2.24, 2.45) is 17.6 Å². The summed E-state index contributed by atoms with van der Waals surface area (Å²) in [7, 11) is 0. The normalized spacial score (nSPS) is 28.3. The molecule has 1 saturated heterocycles. The number of carbonyl (C=O) groups excluding carboxylic acids is 1. The van der Waals surface area contributed by atoms with Crippen molar-refractivity contribution in [3.8, 4) is 0 Å². The number of benzene rings is 1. The average Bonchev–Trinajstić information content (AvgIpc) is 3.17. The monoisotopic (exact) mass is 351 g/mol. The molecule has 134 valence electrons. The van der Waals surface area contributed by atoms with Gasteiger partial charge in [0.05, 0.1) is 0 Å². The Balaban J connectivity index is 0.00000208. The van der Waals surface area contributed by atoms with Crippen molar-refractivity contribution < 1.29 is 4.79 Å². The van der Waals surface area contributed by atoms with Gasteiger partial charge < -0.3 is 11.1 Å². The molecule has 2 fully saturated rings. The van der Waals surface area contributed by atoms with E-state index in [1.807, 2.05) is 0 Å². The molecule has 0 spiro atoms. The molecule has 3 N–H and O–H groups in total. The minimum atomic E-state index is 0. The average molecular weight is 352 g/mol. The summed E-state index contributed by atoms with van der Waals surface area (Å²) in [6, 6.07) is 11.1. The van der Waals surface area contributed by atoms with Crippen LogP contribution in [0, 0.1) is 11.8 Å². The Kier molecular flexibility index (Phi) is 7.08. The third-order valence-corrected chi connectivity index (χ3v) is 5.48. The molecule has 24 heavy (non-hydrogen) atoms. The van der Waals surface area contributed by atoms with E-state index < -0.39 is 0 Å². The lowest BCUT2D eigenvalue weighted by molar-refractivity contribution is -0.125. The van der Waals surface area contributed by atoms with Crippen LogP contribution in [0.3, 0.4) is 0 Å². The third kappa shape index (κ3) is 4.95. The van der Waals surface area contributed by atoms with Crippen LogP contribution < -0.4 is 11.1 Å². The summed E-state index contributed by atoms with van der Waals surface area (Å²) >= 11 is 0. The van der Waals surface area contributed by atoms with Crippen molar-refractivity contribution in [3.63, 3.8) is 0 Å². The molecule has 4 atom stereocenters. The van der Waals surface area contributed by atoms with Crippen molar-refractivity contribution >= 4 is 18.3 Å². The van der Waals surface area contributed by atoms with Gasteiger partial charge in [-0.1, -0.05) is 30.3 Å². The zero-order valence-corrected chi connectivity index (χ0v) is 15.3. The Morgan fingerprint density at radius 1 is 1.29 bits per heavy atom. The summed E-state index contributed by atoms with van der Waals surface area (Å²) in [5, 5.41) is 3.25. The van der Waals surface area contributed by atoms with Crippen LogP contribution in [0.2, 0.25) is 0 Å². The van der Waals surface area contributed by atoms with Gasteiger partial charge in [-0.3, -0.25) is 9.69 Å². The number of nitrogens with one attached hydrogen (secondary N) is 1. The van der Waals surface area contributed by atoms with Gasteiger partial charge in [-0.25, -0.2) is 0 Å². The second-order valence-electron chi connectivity index (χ2n) is 7.34. The molecule has 0 aromatic heterocycles. The molecule has 4 unspecified atom stereocenters. The predicted octanol–water partition coefficient (Wildman–Crippen LogP) is 2.56. The highest BCUT2D eigenvalue weighted by atomic mass is 35.5. The van der Waals surface area contributed by atoms with Crippen molar-refractivity contribution in [1.82, 2.24) is 10.2 Å². The highest BCUT2D eigenvalue weighted by molar-refractivity contribution is 5.85. The van der Waals surface area contributed by atoms with Gasteiger partial charge in [0, 0.05) is 31.1 Å². The summed E-state index contributed by atoms with van der Waals surface area (Å²) in [5.41, 5.74) is 7.29. The van der Waals surface area contributed by atoms with Gasteiger partial charge in [0.2, 0.25) is 5.91 Å². The van der Waals surface area contributed by atoms with Crippen molar-refractivity contribution in [2.75, 3.05) is 13.1 Å². The first kappa shape index (κ1) is 19.2. The fourth-order valence-electron chi connectivity index (χ4n) is 3.97. The highest BCUT2D eigenvalue weighted by Crippen LogP contribution is 2.26. The van der Waals surface area contributed by atoms with Gasteiger partial charge in [0.15, 0.2) is 0 Å². The number of nitrogens with two attached hydrogens (primary N) is 1. The Bertz CT molecular complexity index is 525. The zero-order valence-electron chi connectivity index (χ0n) is 14.5. The molecule has 1 aliphatic heterocycles. The molecule has 0 radical (unpaired) electrons. The van der Waals surface area contributed by atoms with Crippen LogP contribution in [0.25, 0.3) is 0 Å². The fraction of sp³-hybridized carbons (Fsp3) is 0.632. The molecule has 1 aromatic rings. The minimum absolute atomic E-state index is 0. The van der Waals surface area contributed by atoms with E-state index in [1.54, 1.807) is 0 Å². The maximum absolute atomic E-state index is 12.4. The molecule has 4 nitrogen and oxygen atoms in total. The molecular weight excluding hydrogens is 322 g/mol. The van der Waals surface area contributed by atoms with Gasteiger partial charge in [0.25, 0.3) is 0 Å². The van der Waals surface area contributed by atoms with Gasteiger partial charge in [-0.15, -0.1) is 12.4 Å². The number of likely N-dealkylation sites (tertiary alicyclic amines) is 1. The first-order valence-corrected chi connectivity index (χ1v) is 8.94. The number of halogens is 1.